The van der Waals surface area contributed by atoms with Gasteiger partial charge in [-0.2, -0.15) is 4.72 Å². The number of aromatic nitrogens is 1. The lowest BCUT2D eigenvalue weighted by molar-refractivity contribution is -0.138. The molecule has 4 rings (SSSR count). The molecule has 0 aromatic carbocycles. The smallest absolute Gasteiger partial charge is 0.323 e. The number of fused-ring (bicyclic) bond motifs is 1. The summed E-state index contributed by atoms with van der Waals surface area (Å²) in [4.78, 5) is 43.9. The van der Waals surface area contributed by atoms with Gasteiger partial charge in [-0.05, 0) is 56.5 Å². The van der Waals surface area contributed by atoms with E-state index in [1.807, 2.05) is 4.90 Å². The van der Waals surface area contributed by atoms with E-state index in [1.54, 1.807) is 6.07 Å². The monoisotopic (exact) mass is 535 g/mol. The van der Waals surface area contributed by atoms with E-state index < -0.39 is 34.5 Å². The quantitative estimate of drug-likeness (QED) is 0.346. The summed E-state index contributed by atoms with van der Waals surface area (Å²) < 4.78 is 27.0. The van der Waals surface area contributed by atoms with Crippen LogP contribution in [0.2, 0.25) is 0 Å². The number of carboxylic acid groups (broad SMARTS) is 1. The molecule has 13 heteroatoms. The minimum Gasteiger partial charge on any atom is -0.480 e. The second-order valence-corrected chi connectivity index (χ2v) is 11.7. The number of hydrogen-bond donors (Lipinski definition) is 4. The zero-order valence-electron chi connectivity index (χ0n) is 19.6. The van der Waals surface area contributed by atoms with Gasteiger partial charge in [0.25, 0.3) is 11.8 Å². The molecule has 0 saturated carbocycles. The highest BCUT2D eigenvalue weighted by Gasteiger charge is 2.30. The van der Waals surface area contributed by atoms with E-state index in [9.17, 15) is 27.9 Å². The number of hydrogen-bond acceptors (Lipinski definition) is 8. The van der Waals surface area contributed by atoms with Crippen LogP contribution in [-0.4, -0.2) is 80.0 Å². The van der Waals surface area contributed by atoms with Gasteiger partial charge in [-0.15, -0.1) is 11.3 Å². The lowest BCUT2D eigenvalue weighted by Crippen LogP contribution is -2.48. The van der Waals surface area contributed by atoms with Crippen LogP contribution in [0.15, 0.2) is 35.5 Å². The molecule has 0 aliphatic carbocycles. The molecule has 4 heterocycles. The van der Waals surface area contributed by atoms with E-state index >= 15 is 0 Å². The number of thiophene rings is 1. The molecule has 194 valence electrons. The largest absolute Gasteiger partial charge is 0.480 e. The van der Waals surface area contributed by atoms with Crippen LogP contribution in [0.4, 0.5) is 0 Å². The molecule has 0 spiro atoms. The molecule has 1 fully saturated rings. The third-order valence-electron chi connectivity index (χ3n) is 6.43. The number of nitrogens with zero attached hydrogens (tertiary/aromatic N) is 2. The Bertz CT molecular complexity index is 1210. The van der Waals surface area contributed by atoms with E-state index in [0.29, 0.717) is 31.0 Å². The molecule has 36 heavy (non-hydrogen) atoms. The summed E-state index contributed by atoms with van der Waals surface area (Å²) in [6, 6.07) is 2.67. The van der Waals surface area contributed by atoms with Gasteiger partial charge in [-0.3, -0.25) is 19.4 Å². The first-order valence-corrected chi connectivity index (χ1v) is 14.1. The molecule has 2 aromatic heterocycles. The summed E-state index contributed by atoms with van der Waals surface area (Å²) >= 11 is 1.20. The first kappa shape index (κ1) is 26.2. The first-order chi connectivity index (χ1) is 17.2. The molecular weight excluding hydrogens is 506 g/mol. The molecular formula is C23H29N5O6S2. The summed E-state index contributed by atoms with van der Waals surface area (Å²) in [6.07, 6.45) is 6.35. The predicted molar refractivity (Wildman–Crippen MR) is 132 cm³/mol. The van der Waals surface area contributed by atoms with Crippen molar-refractivity contribution in [1.29, 1.82) is 0 Å². The van der Waals surface area contributed by atoms with Crippen molar-refractivity contribution < 1.29 is 27.9 Å². The average molecular weight is 536 g/mol. The van der Waals surface area contributed by atoms with Crippen molar-refractivity contribution in [1.82, 2.24) is 25.2 Å². The molecule has 2 aromatic rings. The van der Waals surface area contributed by atoms with Crippen LogP contribution in [0.1, 0.15) is 44.2 Å². The molecule has 11 nitrogen and oxygen atoms in total. The normalized spacial score (nSPS) is 17.4. The van der Waals surface area contributed by atoms with Gasteiger partial charge in [0, 0.05) is 43.3 Å². The fourth-order valence-corrected chi connectivity index (χ4v) is 6.57. The number of carboxylic acids is 1. The Balaban J connectivity index is 1.35. The van der Waals surface area contributed by atoms with Gasteiger partial charge in [-0.25, -0.2) is 8.42 Å². The Morgan fingerprint density at radius 3 is 2.78 bits per heavy atom. The number of piperidine rings is 1. The van der Waals surface area contributed by atoms with Crippen molar-refractivity contribution in [3.8, 4) is 0 Å². The van der Waals surface area contributed by atoms with Gasteiger partial charge in [0.1, 0.15) is 10.9 Å². The topological polar surface area (TPSA) is 158 Å². The van der Waals surface area contributed by atoms with Crippen LogP contribution >= 0.6 is 11.3 Å². The van der Waals surface area contributed by atoms with Crippen molar-refractivity contribution in [3.63, 3.8) is 0 Å². The van der Waals surface area contributed by atoms with E-state index in [0.717, 1.165) is 43.4 Å². The van der Waals surface area contributed by atoms with Crippen LogP contribution in [0.5, 0.6) is 0 Å². The summed E-state index contributed by atoms with van der Waals surface area (Å²) in [6.45, 7) is 2.86. The lowest BCUT2D eigenvalue weighted by Gasteiger charge is -2.29. The van der Waals surface area contributed by atoms with Gasteiger partial charge in [0.2, 0.25) is 10.0 Å². The van der Waals surface area contributed by atoms with Gasteiger partial charge in [0.05, 0.1) is 10.4 Å². The van der Waals surface area contributed by atoms with E-state index in [4.69, 9.17) is 0 Å². The molecule has 1 saturated heterocycles. The molecule has 0 unspecified atom stereocenters. The van der Waals surface area contributed by atoms with Crippen molar-refractivity contribution in [2.45, 2.75) is 36.6 Å². The summed E-state index contributed by atoms with van der Waals surface area (Å²) in [7, 11) is -4.14. The number of aliphatic carboxylic acids is 1. The van der Waals surface area contributed by atoms with Crippen molar-refractivity contribution in [2.24, 2.45) is 5.92 Å². The fourth-order valence-electron chi connectivity index (χ4n) is 4.36. The number of amides is 2. The Morgan fingerprint density at radius 2 is 2.08 bits per heavy atom. The minimum absolute atomic E-state index is 0.0897. The number of pyridine rings is 1. The highest BCUT2D eigenvalue weighted by molar-refractivity contribution is 7.89. The standard InChI is InChI=1S/C23H29N5O6S2/c29-21(26-14-18(23(31)32)27-36(33,34)16-2-1-7-25-13-16)20-12-17-19(35-20)6-11-28(22(17)30)10-5-15-3-8-24-9-4-15/h1-2,7,12-13,15,18,24,27H,3-6,8-11,14H2,(H,26,29)(H,31,32)/t18-/m0/s1. The van der Waals surface area contributed by atoms with Crippen LogP contribution in [0.25, 0.3) is 0 Å². The fraction of sp³-hybridized carbons (Fsp3) is 0.478. The van der Waals surface area contributed by atoms with Crippen molar-refractivity contribution in [3.05, 3.63) is 45.9 Å². The summed E-state index contributed by atoms with van der Waals surface area (Å²) in [5.41, 5.74) is 0.508. The molecule has 4 N–H and O–H groups in total. The number of nitrogens with one attached hydrogen (secondary N) is 3. The van der Waals surface area contributed by atoms with Crippen LogP contribution in [0.3, 0.4) is 0 Å². The molecule has 2 aliphatic rings. The molecule has 1 atom stereocenters. The van der Waals surface area contributed by atoms with Crippen LogP contribution in [0, 0.1) is 5.92 Å². The SMILES string of the molecule is O=C(NC[C@H](NS(=O)(=O)c1cccnc1)C(=O)O)c1cc2c(s1)CCN(CCC1CCNCC1)C2=O. The van der Waals surface area contributed by atoms with E-state index in [-0.39, 0.29) is 15.7 Å². The second-order valence-electron chi connectivity index (χ2n) is 8.88. The maximum absolute atomic E-state index is 13.0. The number of rotatable bonds is 10. The summed E-state index contributed by atoms with van der Waals surface area (Å²) in [5.74, 6) is -1.47. The average Bonchev–Trinajstić information content (AvgIpc) is 3.32. The zero-order valence-corrected chi connectivity index (χ0v) is 21.2. The van der Waals surface area contributed by atoms with Crippen LogP contribution < -0.4 is 15.4 Å². The van der Waals surface area contributed by atoms with Gasteiger partial charge in [0.15, 0.2) is 0 Å². The number of sulfonamides is 1. The Morgan fingerprint density at radius 1 is 1.31 bits per heavy atom. The number of carbonyl (C=O) groups is 3. The third kappa shape index (κ3) is 6.27. The highest BCUT2D eigenvalue weighted by Crippen LogP contribution is 2.29. The van der Waals surface area contributed by atoms with E-state index in [1.165, 1.54) is 29.7 Å². The number of carbonyl (C=O) groups excluding carboxylic acids is 2. The minimum atomic E-state index is -4.14. The summed E-state index contributed by atoms with van der Waals surface area (Å²) in [5, 5.41) is 15.3. The Labute approximate surface area is 213 Å². The van der Waals surface area contributed by atoms with Gasteiger partial charge >= 0.3 is 5.97 Å². The second kappa shape index (κ2) is 11.5. The molecule has 2 amide bonds. The third-order valence-corrected chi connectivity index (χ3v) is 9.08. The molecule has 0 bridgehead atoms. The van der Waals surface area contributed by atoms with E-state index in [2.05, 4.69) is 20.3 Å². The van der Waals surface area contributed by atoms with Crippen molar-refractivity contribution >= 4 is 39.1 Å². The highest BCUT2D eigenvalue weighted by atomic mass is 32.2. The molecule has 0 radical (unpaired) electrons. The maximum atomic E-state index is 13.0. The maximum Gasteiger partial charge on any atom is 0.323 e. The van der Waals surface area contributed by atoms with Crippen molar-refractivity contribution in [2.75, 3.05) is 32.7 Å². The molecule has 2 aliphatic heterocycles. The Kier molecular flexibility index (Phi) is 8.34. The first-order valence-electron chi connectivity index (χ1n) is 11.8. The van der Waals surface area contributed by atoms with Gasteiger partial charge in [-0.1, -0.05) is 0 Å². The Hall–Kier alpha value is -2.87. The van der Waals surface area contributed by atoms with Gasteiger partial charge < -0.3 is 20.6 Å². The zero-order chi connectivity index (χ0) is 25.7. The van der Waals surface area contributed by atoms with Crippen LogP contribution in [-0.2, 0) is 21.2 Å². The predicted octanol–water partition coefficient (Wildman–Crippen LogP) is 0.693. The lowest BCUT2D eigenvalue weighted by atomic mass is 9.94.